The van der Waals surface area contributed by atoms with Gasteiger partial charge >= 0.3 is 5.97 Å². The van der Waals surface area contributed by atoms with Crippen LogP contribution < -0.4 is 0 Å². The molecule has 2 N–H and O–H groups in total. The second-order valence-corrected chi connectivity index (χ2v) is 17.7. The molecule has 1 radical (unpaired) electrons. The van der Waals surface area contributed by atoms with Crippen LogP contribution in [0.2, 0.25) is 0 Å². The third kappa shape index (κ3) is 7.68. The van der Waals surface area contributed by atoms with Crippen LogP contribution in [0.25, 0.3) is 0 Å². The van der Waals surface area contributed by atoms with E-state index in [0.29, 0.717) is 31.4 Å². The van der Waals surface area contributed by atoms with E-state index in [1.807, 2.05) is 12.1 Å². The van der Waals surface area contributed by atoms with Gasteiger partial charge < -0.3 is 14.9 Å². The van der Waals surface area contributed by atoms with Crippen molar-refractivity contribution in [1.29, 1.82) is 0 Å². The molecule has 1 heterocycles. The molecule has 0 aromatic heterocycles. The van der Waals surface area contributed by atoms with E-state index < -0.39 is 0 Å². The fourth-order valence-electron chi connectivity index (χ4n) is 8.08. The molecule has 0 bridgehead atoms. The van der Waals surface area contributed by atoms with Crippen LogP contribution in [-0.2, 0) is 26.8 Å². The second-order valence-electron chi connectivity index (χ2n) is 17.7. The smallest absolute Gasteiger partial charge is 0.306 e. The van der Waals surface area contributed by atoms with Crippen molar-refractivity contribution in [3.63, 3.8) is 0 Å². The van der Waals surface area contributed by atoms with Crippen molar-refractivity contribution >= 4 is 5.97 Å². The molecule has 5 heteroatoms. The van der Waals surface area contributed by atoms with E-state index in [-0.39, 0.29) is 57.0 Å². The number of rotatable bonds is 6. The van der Waals surface area contributed by atoms with Crippen molar-refractivity contribution in [3.05, 3.63) is 34.9 Å². The lowest BCUT2D eigenvalue weighted by Gasteiger charge is -2.66. The number of hydrogen-bond donors (Lipinski definition) is 2. The number of aliphatic hydroxyl groups excluding tert-OH is 1. The SMILES string of the molecule is CC(C)(C)c1cc(CCC(=O)OCCN2C(C)(C)C(C(C)(C)C)[C](O)C(C(C)(C)C)C2(C)C)cc(C(C)(C)C)c1O. The Labute approximate surface area is 252 Å². The van der Waals surface area contributed by atoms with Gasteiger partial charge in [0.15, 0.2) is 0 Å². The first-order chi connectivity index (χ1) is 18.1. The van der Waals surface area contributed by atoms with Gasteiger partial charge in [-0.15, -0.1) is 0 Å². The molecule has 235 valence electrons. The number of hydrogen-bond acceptors (Lipinski definition) is 5. The minimum absolute atomic E-state index is 0.0357. The van der Waals surface area contributed by atoms with Gasteiger partial charge in [0.25, 0.3) is 0 Å². The average molecular weight is 573 g/mol. The number of likely N-dealkylation sites (tertiary alicyclic amines) is 1. The summed E-state index contributed by atoms with van der Waals surface area (Å²) in [5, 5.41) is 22.8. The van der Waals surface area contributed by atoms with Crippen LogP contribution in [0.15, 0.2) is 12.1 Å². The maximum atomic E-state index is 13.0. The van der Waals surface area contributed by atoms with Crippen molar-refractivity contribution in [2.75, 3.05) is 13.2 Å². The highest BCUT2D eigenvalue weighted by molar-refractivity contribution is 5.69. The summed E-state index contributed by atoms with van der Waals surface area (Å²) < 4.78 is 5.84. The first-order valence-corrected chi connectivity index (χ1v) is 15.5. The van der Waals surface area contributed by atoms with Gasteiger partial charge in [0.2, 0.25) is 0 Å². The average Bonchev–Trinajstić information content (AvgIpc) is 2.70. The number of carbonyl (C=O) groups excluding carboxylic acids is 1. The van der Waals surface area contributed by atoms with Crippen LogP contribution in [0.3, 0.4) is 0 Å². The van der Waals surface area contributed by atoms with Crippen LogP contribution in [0.5, 0.6) is 5.75 Å². The molecular weight excluding hydrogens is 510 g/mol. The van der Waals surface area contributed by atoms with Gasteiger partial charge in [-0.1, -0.05) is 95.2 Å². The van der Waals surface area contributed by atoms with Crippen LogP contribution in [0.1, 0.15) is 134 Å². The molecule has 1 fully saturated rings. The molecule has 2 rings (SSSR count). The van der Waals surface area contributed by atoms with E-state index in [9.17, 15) is 15.0 Å². The van der Waals surface area contributed by atoms with E-state index in [4.69, 9.17) is 4.74 Å². The molecule has 1 aliphatic rings. The maximum Gasteiger partial charge on any atom is 0.306 e. The number of phenolic OH excluding ortho intramolecular Hbond substituents is 1. The van der Waals surface area contributed by atoms with Crippen molar-refractivity contribution in [1.82, 2.24) is 4.90 Å². The highest BCUT2D eigenvalue weighted by Crippen LogP contribution is 2.58. The molecule has 1 saturated heterocycles. The minimum atomic E-state index is -0.335. The predicted octanol–water partition coefficient (Wildman–Crippen LogP) is 8.56. The van der Waals surface area contributed by atoms with E-state index in [0.717, 1.165) is 16.7 Å². The van der Waals surface area contributed by atoms with E-state index >= 15 is 0 Å². The molecule has 0 spiro atoms. The Kier molecular flexibility index (Phi) is 9.98. The lowest BCUT2D eigenvalue weighted by atomic mass is 9.53. The maximum absolute atomic E-state index is 13.0. The van der Waals surface area contributed by atoms with Gasteiger partial charge in [-0.2, -0.15) is 0 Å². The topological polar surface area (TPSA) is 70.0 Å². The van der Waals surface area contributed by atoms with Crippen molar-refractivity contribution < 1.29 is 19.7 Å². The number of phenols is 1. The minimum Gasteiger partial charge on any atom is -0.507 e. The number of piperidine rings is 1. The van der Waals surface area contributed by atoms with Crippen LogP contribution >= 0.6 is 0 Å². The summed E-state index contributed by atoms with van der Waals surface area (Å²) in [6.45, 7) is 35.6. The molecule has 1 aromatic carbocycles. The molecule has 0 saturated carbocycles. The van der Waals surface area contributed by atoms with Crippen molar-refractivity contribution in [3.8, 4) is 5.75 Å². The van der Waals surface area contributed by atoms with Crippen molar-refractivity contribution in [2.45, 2.75) is 146 Å². The Balaban J connectivity index is 2.23. The highest BCUT2D eigenvalue weighted by atomic mass is 16.5. The summed E-state index contributed by atoms with van der Waals surface area (Å²) in [5.41, 5.74) is 1.49. The summed E-state index contributed by atoms with van der Waals surface area (Å²) in [5.74, 6) is 0.0703. The van der Waals surface area contributed by atoms with E-state index in [1.165, 1.54) is 0 Å². The van der Waals surface area contributed by atoms with Crippen LogP contribution in [-0.4, -0.2) is 45.3 Å². The fourth-order valence-corrected chi connectivity index (χ4v) is 8.08. The number of aliphatic hydroxyl groups is 1. The van der Waals surface area contributed by atoms with Crippen molar-refractivity contribution in [2.24, 2.45) is 22.7 Å². The Morgan fingerprint density at radius 2 is 1.17 bits per heavy atom. The fraction of sp³-hybridized carbons (Fsp3) is 0.778. The monoisotopic (exact) mass is 572 g/mol. The van der Waals surface area contributed by atoms with E-state index in [2.05, 4.69) is 116 Å². The number of ether oxygens (including phenoxy) is 1. The lowest BCUT2D eigenvalue weighted by Crippen LogP contribution is -2.72. The Morgan fingerprint density at radius 1 is 0.780 bits per heavy atom. The molecule has 2 unspecified atom stereocenters. The zero-order valence-corrected chi connectivity index (χ0v) is 29.3. The lowest BCUT2D eigenvalue weighted by molar-refractivity contribution is -0.176. The number of esters is 1. The summed E-state index contributed by atoms with van der Waals surface area (Å²) in [6.07, 6.45) is 1.44. The first-order valence-electron chi connectivity index (χ1n) is 15.5. The highest BCUT2D eigenvalue weighted by Gasteiger charge is 2.62. The largest absolute Gasteiger partial charge is 0.507 e. The molecular formula is C36H62NO4. The van der Waals surface area contributed by atoms with Crippen LogP contribution in [0, 0.1) is 28.8 Å². The van der Waals surface area contributed by atoms with Gasteiger partial charge in [-0.3, -0.25) is 9.69 Å². The Morgan fingerprint density at radius 3 is 1.51 bits per heavy atom. The predicted molar refractivity (Wildman–Crippen MR) is 171 cm³/mol. The number of benzene rings is 1. The molecule has 41 heavy (non-hydrogen) atoms. The Hall–Kier alpha value is -1.59. The van der Waals surface area contributed by atoms with Gasteiger partial charge in [0, 0.05) is 35.9 Å². The quantitative estimate of drug-likeness (QED) is 0.334. The molecule has 5 nitrogen and oxygen atoms in total. The van der Waals surface area contributed by atoms with E-state index in [1.54, 1.807) is 0 Å². The molecule has 0 amide bonds. The zero-order valence-electron chi connectivity index (χ0n) is 29.3. The summed E-state index contributed by atoms with van der Waals surface area (Å²) >= 11 is 0. The Bertz CT molecular complexity index is 1000. The third-order valence-corrected chi connectivity index (χ3v) is 9.11. The van der Waals surface area contributed by atoms with Gasteiger partial charge in [0.05, 0.1) is 0 Å². The summed E-state index contributed by atoms with van der Waals surface area (Å²) in [7, 11) is 0. The third-order valence-electron chi connectivity index (χ3n) is 9.11. The number of aryl methyl sites for hydroxylation is 1. The van der Waals surface area contributed by atoms with Gasteiger partial charge in [-0.25, -0.2) is 0 Å². The molecule has 1 aliphatic heterocycles. The summed E-state index contributed by atoms with van der Waals surface area (Å²) in [4.78, 5) is 15.4. The second kappa shape index (κ2) is 11.5. The normalized spacial score (nSPS) is 22.6. The standard InChI is InChI=1S/C36H62NO4/c1-31(2,3)24-21-23(22-25(27(24)39)32(4,5)6)17-18-26(38)41-20-19-37-35(13,14)29(33(7,8)9)28(40)30(34(10,11)12)36(37,15)16/h21-22,29-30,39-40H,17-20H2,1-16H3. The zero-order chi connectivity index (χ0) is 32.1. The van der Waals surface area contributed by atoms with Gasteiger partial charge in [0.1, 0.15) is 18.5 Å². The van der Waals surface area contributed by atoms with Gasteiger partial charge in [-0.05, 0) is 72.5 Å². The molecule has 2 atom stereocenters. The molecule has 0 aliphatic carbocycles. The number of aromatic hydroxyl groups is 1. The first kappa shape index (κ1) is 35.6. The summed E-state index contributed by atoms with van der Waals surface area (Å²) in [6, 6.07) is 4.08. The molecule has 1 aromatic rings. The van der Waals surface area contributed by atoms with Crippen LogP contribution in [0.4, 0.5) is 0 Å². The number of carbonyl (C=O) groups is 1. The number of nitrogens with zero attached hydrogens (tertiary/aromatic N) is 1.